The van der Waals surface area contributed by atoms with Crippen LogP contribution in [-0.2, 0) is 22.2 Å². The van der Waals surface area contributed by atoms with Crippen LogP contribution in [0.3, 0.4) is 0 Å². The number of carboxylic acids is 1. The van der Waals surface area contributed by atoms with Gasteiger partial charge in [0.1, 0.15) is 24.6 Å². The molecule has 3 aromatic rings. The van der Waals surface area contributed by atoms with Crippen LogP contribution in [0.15, 0.2) is 48.5 Å². The zero-order valence-electron chi connectivity index (χ0n) is 23.2. The maximum Gasteiger partial charge on any atom is 0.336 e. The van der Waals surface area contributed by atoms with Crippen LogP contribution in [-0.4, -0.2) is 48.3 Å². The third-order valence-electron chi connectivity index (χ3n) is 8.28. The third kappa shape index (κ3) is 5.47. The lowest BCUT2D eigenvalue weighted by atomic mass is 9.86. The topological polar surface area (TPSA) is 91.5 Å². The Morgan fingerprint density at radius 3 is 2.76 bits per heavy atom. The molecule has 3 aliphatic heterocycles. The lowest BCUT2D eigenvalue weighted by Crippen LogP contribution is -2.39. The van der Waals surface area contributed by atoms with Crippen molar-refractivity contribution in [3.63, 3.8) is 0 Å². The lowest BCUT2D eigenvalue weighted by molar-refractivity contribution is -0.432. The normalized spacial score (nSPS) is 15.5. The Kier molecular flexibility index (Phi) is 8.30. The van der Waals surface area contributed by atoms with E-state index < -0.39 is 5.97 Å². The number of fused-ring (bicyclic) bond motifs is 4. The molecule has 214 valence electrons. The summed E-state index contributed by atoms with van der Waals surface area (Å²) in [6, 6.07) is 16.0. The molecule has 0 saturated heterocycles. The Hall–Kier alpha value is -3.37. The SMILES string of the molecule is CCCC[N+]1=c2cc3c(cc2CCC1)=C(c1ccccc1C(=O)O)c1cc2c(cc1O3)N(CCSOOO)CCC2. The number of anilines is 1. The van der Waals surface area contributed by atoms with Crippen molar-refractivity contribution < 1.29 is 29.3 Å². The quantitative estimate of drug-likeness (QED) is 0.0917. The van der Waals surface area contributed by atoms with E-state index >= 15 is 0 Å². The molecule has 0 aromatic heterocycles. The van der Waals surface area contributed by atoms with Crippen LogP contribution in [0.25, 0.3) is 5.57 Å². The highest BCUT2D eigenvalue weighted by molar-refractivity contribution is 7.94. The van der Waals surface area contributed by atoms with Gasteiger partial charge in [0.2, 0.25) is 5.36 Å². The summed E-state index contributed by atoms with van der Waals surface area (Å²) in [6.07, 6.45) is 6.32. The molecule has 3 heterocycles. The zero-order valence-corrected chi connectivity index (χ0v) is 24.0. The molecular formula is C32H35N2O6S+. The van der Waals surface area contributed by atoms with Gasteiger partial charge in [-0.2, -0.15) is 0 Å². The highest BCUT2D eigenvalue weighted by atomic mass is 32.2. The summed E-state index contributed by atoms with van der Waals surface area (Å²) >= 11 is 1.05. The Bertz CT molecular complexity index is 1600. The van der Waals surface area contributed by atoms with Crippen molar-refractivity contribution in [3.8, 4) is 11.5 Å². The largest absolute Gasteiger partial charge is 0.478 e. The van der Waals surface area contributed by atoms with Gasteiger partial charge in [-0.05, 0) is 48.6 Å². The third-order valence-corrected chi connectivity index (χ3v) is 8.79. The van der Waals surface area contributed by atoms with Crippen LogP contribution < -0.4 is 24.8 Å². The molecule has 9 heteroatoms. The molecule has 0 fully saturated rings. The van der Waals surface area contributed by atoms with Gasteiger partial charge in [0.15, 0.2) is 0 Å². The Labute approximate surface area is 243 Å². The number of hydrogen-bond donors (Lipinski definition) is 2. The van der Waals surface area contributed by atoms with Crippen LogP contribution in [0.5, 0.6) is 11.5 Å². The van der Waals surface area contributed by atoms with E-state index in [-0.39, 0.29) is 5.56 Å². The molecule has 0 atom stereocenters. The number of carboxylic acid groups (broad SMARTS) is 1. The molecule has 0 spiro atoms. The van der Waals surface area contributed by atoms with Gasteiger partial charge < -0.3 is 14.7 Å². The summed E-state index contributed by atoms with van der Waals surface area (Å²) in [5.74, 6) is 1.17. The molecule has 6 rings (SSSR count). The van der Waals surface area contributed by atoms with Gasteiger partial charge in [-0.25, -0.2) is 14.6 Å². The molecule has 0 amide bonds. The van der Waals surface area contributed by atoms with E-state index in [0.717, 1.165) is 104 Å². The first-order valence-electron chi connectivity index (χ1n) is 14.4. The summed E-state index contributed by atoms with van der Waals surface area (Å²) in [5.41, 5.74) is 6.44. The zero-order chi connectivity index (χ0) is 28.3. The molecule has 0 unspecified atom stereocenters. The van der Waals surface area contributed by atoms with Crippen LogP contribution in [0.4, 0.5) is 5.69 Å². The van der Waals surface area contributed by atoms with Crippen molar-refractivity contribution in [2.45, 2.75) is 45.4 Å². The Morgan fingerprint density at radius 1 is 1.07 bits per heavy atom. The van der Waals surface area contributed by atoms with Gasteiger partial charge in [0.05, 0.1) is 11.6 Å². The molecule has 2 N–H and O–H groups in total. The summed E-state index contributed by atoms with van der Waals surface area (Å²) in [4.78, 5) is 14.7. The van der Waals surface area contributed by atoms with E-state index in [4.69, 9.17) is 9.99 Å². The Balaban J connectivity index is 1.56. The monoisotopic (exact) mass is 575 g/mol. The first kappa shape index (κ1) is 27.8. The predicted molar refractivity (Wildman–Crippen MR) is 159 cm³/mol. The summed E-state index contributed by atoms with van der Waals surface area (Å²) in [7, 11) is 0. The average molecular weight is 576 g/mol. The number of ether oxygens (including phenoxy) is 1. The fraction of sp³-hybridized carbons (Fsp3) is 0.375. The van der Waals surface area contributed by atoms with E-state index in [1.54, 1.807) is 12.1 Å². The highest BCUT2D eigenvalue weighted by Gasteiger charge is 2.29. The van der Waals surface area contributed by atoms with Crippen LogP contribution in [0.2, 0.25) is 0 Å². The average Bonchev–Trinajstić information content (AvgIpc) is 2.99. The van der Waals surface area contributed by atoms with E-state index in [1.807, 2.05) is 12.1 Å². The first-order chi connectivity index (χ1) is 20.1. The van der Waals surface area contributed by atoms with Gasteiger partial charge in [-0.3, -0.25) is 0 Å². The van der Waals surface area contributed by atoms with Gasteiger partial charge >= 0.3 is 5.97 Å². The van der Waals surface area contributed by atoms with Crippen LogP contribution in [0, 0.1) is 0 Å². The van der Waals surface area contributed by atoms with Gasteiger partial charge in [0.25, 0.3) is 0 Å². The molecule has 41 heavy (non-hydrogen) atoms. The van der Waals surface area contributed by atoms with Crippen molar-refractivity contribution >= 4 is 29.3 Å². The van der Waals surface area contributed by atoms with Crippen molar-refractivity contribution in [3.05, 3.63) is 86.9 Å². The highest BCUT2D eigenvalue weighted by Crippen LogP contribution is 2.42. The summed E-state index contributed by atoms with van der Waals surface area (Å²) in [6.45, 7) is 5.89. The lowest BCUT2D eigenvalue weighted by Gasteiger charge is -2.33. The van der Waals surface area contributed by atoms with Crippen molar-refractivity contribution in [1.29, 1.82) is 0 Å². The smallest absolute Gasteiger partial charge is 0.336 e. The second-order valence-corrected chi connectivity index (χ2v) is 11.6. The maximum atomic E-state index is 12.4. The second kappa shape index (κ2) is 12.2. The van der Waals surface area contributed by atoms with Crippen molar-refractivity contribution in [2.24, 2.45) is 0 Å². The predicted octanol–water partition coefficient (Wildman–Crippen LogP) is 4.80. The number of benzene rings is 3. The fourth-order valence-electron chi connectivity index (χ4n) is 6.40. The van der Waals surface area contributed by atoms with Crippen molar-refractivity contribution in [2.75, 3.05) is 36.8 Å². The summed E-state index contributed by atoms with van der Waals surface area (Å²) < 4.78 is 13.8. The molecule has 0 bridgehead atoms. The number of hydrogen-bond acceptors (Lipinski definition) is 7. The number of nitrogens with zero attached hydrogens (tertiary/aromatic N) is 2. The minimum absolute atomic E-state index is 0.283. The minimum Gasteiger partial charge on any atom is -0.478 e. The number of aromatic carboxylic acids is 1. The van der Waals surface area contributed by atoms with Crippen LogP contribution in [0.1, 0.15) is 65.2 Å². The van der Waals surface area contributed by atoms with Crippen LogP contribution >= 0.6 is 12.0 Å². The molecule has 8 nitrogen and oxygen atoms in total. The van der Waals surface area contributed by atoms with E-state index in [0.29, 0.717) is 17.9 Å². The molecule has 3 aliphatic rings. The number of unbranched alkanes of at least 4 members (excludes halogenated alkanes) is 1. The number of rotatable bonds is 10. The molecular weight excluding hydrogens is 540 g/mol. The van der Waals surface area contributed by atoms with E-state index in [1.165, 1.54) is 16.5 Å². The maximum absolute atomic E-state index is 12.4. The minimum atomic E-state index is -0.942. The molecule has 0 saturated carbocycles. The number of carbonyl (C=O) groups is 1. The second-order valence-electron chi connectivity index (χ2n) is 10.8. The van der Waals surface area contributed by atoms with Gasteiger partial charge in [-0.15, -0.1) is 4.33 Å². The summed E-state index contributed by atoms with van der Waals surface area (Å²) in [5, 5.41) is 24.5. The molecule has 0 aliphatic carbocycles. The van der Waals surface area contributed by atoms with E-state index in [2.05, 4.69) is 50.0 Å². The van der Waals surface area contributed by atoms with Crippen molar-refractivity contribution in [1.82, 2.24) is 4.58 Å². The molecule has 0 radical (unpaired) electrons. The van der Waals surface area contributed by atoms with Gasteiger partial charge in [-0.1, -0.05) is 36.6 Å². The standard InChI is InChI=1S/C32H34N2O6S/c1-2-3-12-33-13-6-8-21-17-25-29(19-27(21)33)38-30-20-28-22(9-7-14-34(28)15-16-41-40-39-37)18-26(30)31(25)23-10-4-5-11-24(23)32(35)36/h4-5,10-11,17-20H,2-3,6-9,12-16H2,1H3,(H-,35,36,37)/p+1. The van der Waals surface area contributed by atoms with Gasteiger partial charge in [0, 0.05) is 77.4 Å². The number of aryl methyl sites for hydroxylation is 2. The molecule has 3 aromatic carbocycles. The first-order valence-corrected chi connectivity index (χ1v) is 15.3. The van der Waals surface area contributed by atoms with E-state index in [9.17, 15) is 9.90 Å². The fourth-order valence-corrected chi connectivity index (χ4v) is 6.80. The Morgan fingerprint density at radius 2 is 1.93 bits per heavy atom.